The van der Waals surface area contributed by atoms with Crippen molar-refractivity contribution in [2.75, 3.05) is 13.1 Å². The van der Waals surface area contributed by atoms with Gasteiger partial charge in [0.15, 0.2) is 5.76 Å². The zero-order valence-corrected chi connectivity index (χ0v) is 17.3. The van der Waals surface area contributed by atoms with E-state index in [1.807, 2.05) is 0 Å². The average molecular weight is 445 g/mol. The van der Waals surface area contributed by atoms with Crippen LogP contribution in [0.1, 0.15) is 35.4 Å². The zero-order chi connectivity index (χ0) is 22.1. The monoisotopic (exact) mass is 445 g/mol. The molecule has 1 saturated heterocycles. The Kier molecular flexibility index (Phi) is 6.23. The second kappa shape index (κ2) is 8.38. The van der Waals surface area contributed by atoms with Crippen LogP contribution in [0.2, 0.25) is 0 Å². The highest BCUT2D eigenvalue weighted by molar-refractivity contribution is 7.89. The van der Waals surface area contributed by atoms with Crippen molar-refractivity contribution < 1.29 is 30.9 Å². The maximum absolute atomic E-state index is 13.0. The fourth-order valence-corrected chi connectivity index (χ4v) is 5.31. The van der Waals surface area contributed by atoms with Crippen molar-refractivity contribution in [3.8, 4) is 0 Å². The first-order chi connectivity index (χ1) is 14.0. The minimum atomic E-state index is -4.42. The van der Waals surface area contributed by atoms with Crippen LogP contribution in [-0.4, -0.2) is 36.9 Å². The number of hydrogen-bond acceptors (Lipinski definition) is 5. The number of hydrogen-bond donors (Lipinski definition) is 1. The van der Waals surface area contributed by atoms with Gasteiger partial charge in [-0.05, 0) is 44.4 Å². The number of piperidine rings is 1. The molecule has 7 nitrogen and oxygen atoms in total. The summed E-state index contributed by atoms with van der Waals surface area (Å²) in [6.07, 6.45) is -3.38. The molecule has 0 aliphatic carbocycles. The van der Waals surface area contributed by atoms with Crippen LogP contribution < -0.4 is 5.32 Å². The number of carbonyl (C=O) groups is 1. The first-order valence-corrected chi connectivity index (χ1v) is 10.8. The largest absolute Gasteiger partial charge is 0.416 e. The highest BCUT2D eigenvalue weighted by Gasteiger charge is 2.36. The molecule has 30 heavy (non-hydrogen) atoms. The molecule has 0 saturated carbocycles. The molecule has 1 atom stereocenters. The van der Waals surface area contributed by atoms with Gasteiger partial charge in [0.2, 0.25) is 15.9 Å². The summed E-state index contributed by atoms with van der Waals surface area (Å²) >= 11 is 0. The lowest BCUT2D eigenvalue weighted by molar-refractivity contribution is -0.137. The third-order valence-electron chi connectivity index (χ3n) is 5.07. The summed E-state index contributed by atoms with van der Waals surface area (Å²) in [4.78, 5) is 12.6. The lowest BCUT2D eigenvalue weighted by Crippen LogP contribution is -2.45. The molecule has 1 aliphatic rings. The minimum absolute atomic E-state index is 0.0191. The summed E-state index contributed by atoms with van der Waals surface area (Å²) in [6.45, 7) is 3.43. The normalized spacial score (nSPS) is 18.4. The van der Waals surface area contributed by atoms with Crippen molar-refractivity contribution in [1.29, 1.82) is 0 Å². The second-order valence-electron chi connectivity index (χ2n) is 7.27. The summed E-state index contributed by atoms with van der Waals surface area (Å²) in [5.41, 5.74) is 0.0266. The SMILES string of the molecule is Cc1noc(C)c1S(=O)(=O)N1CCCC(C(=O)NCc2ccc(C(F)(F)F)cc2)C1. The fraction of sp³-hybridized carbons (Fsp3) is 0.474. The van der Waals surface area contributed by atoms with E-state index in [4.69, 9.17) is 4.52 Å². The smallest absolute Gasteiger partial charge is 0.360 e. The van der Waals surface area contributed by atoms with Gasteiger partial charge in [-0.1, -0.05) is 17.3 Å². The van der Waals surface area contributed by atoms with Crippen LogP contribution in [0.4, 0.5) is 13.2 Å². The Balaban J connectivity index is 1.63. The second-order valence-corrected chi connectivity index (χ2v) is 9.14. The fourth-order valence-electron chi connectivity index (χ4n) is 3.49. The summed E-state index contributed by atoms with van der Waals surface area (Å²) in [7, 11) is -3.84. The Morgan fingerprint density at radius 2 is 1.93 bits per heavy atom. The predicted molar refractivity (Wildman–Crippen MR) is 101 cm³/mol. The van der Waals surface area contributed by atoms with E-state index >= 15 is 0 Å². The molecule has 1 aromatic carbocycles. The van der Waals surface area contributed by atoms with Gasteiger partial charge in [0.25, 0.3) is 0 Å². The lowest BCUT2D eigenvalue weighted by Gasteiger charge is -2.31. The van der Waals surface area contributed by atoms with E-state index in [0.717, 1.165) is 12.1 Å². The highest BCUT2D eigenvalue weighted by atomic mass is 32.2. The summed E-state index contributed by atoms with van der Waals surface area (Å²) < 4.78 is 70.0. The summed E-state index contributed by atoms with van der Waals surface area (Å²) in [5, 5.41) is 6.37. The molecule has 1 aliphatic heterocycles. The van der Waals surface area contributed by atoms with E-state index in [-0.39, 0.29) is 41.9 Å². The minimum Gasteiger partial charge on any atom is -0.360 e. The topological polar surface area (TPSA) is 92.5 Å². The lowest BCUT2D eigenvalue weighted by atomic mass is 9.98. The molecule has 1 amide bonds. The third kappa shape index (κ3) is 4.67. The van der Waals surface area contributed by atoms with E-state index in [1.165, 1.54) is 23.4 Å². The van der Waals surface area contributed by atoms with Gasteiger partial charge in [0.1, 0.15) is 10.6 Å². The number of rotatable bonds is 5. The van der Waals surface area contributed by atoms with Crippen molar-refractivity contribution >= 4 is 15.9 Å². The Hall–Kier alpha value is -2.40. The summed E-state index contributed by atoms with van der Waals surface area (Å²) in [6, 6.07) is 4.52. The molecule has 1 unspecified atom stereocenters. The Bertz CT molecular complexity index is 997. The zero-order valence-electron chi connectivity index (χ0n) is 16.5. The van der Waals surface area contributed by atoms with Crippen LogP contribution in [-0.2, 0) is 27.5 Å². The number of nitrogens with zero attached hydrogens (tertiary/aromatic N) is 2. The van der Waals surface area contributed by atoms with Crippen LogP contribution >= 0.6 is 0 Å². The third-order valence-corrected chi connectivity index (χ3v) is 7.18. The average Bonchev–Trinajstić information content (AvgIpc) is 3.04. The van der Waals surface area contributed by atoms with Crippen molar-refractivity contribution in [3.05, 3.63) is 46.8 Å². The molecule has 0 radical (unpaired) electrons. The first-order valence-electron chi connectivity index (χ1n) is 9.37. The number of benzene rings is 1. The molecule has 1 aromatic heterocycles. The van der Waals surface area contributed by atoms with Gasteiger partial charge >= 0.3 is 6.18 Å². The van der Waals surface area contributed by atoms with Crippen LogP contribution in [0, 0.1) is 19.8 Å². The number of aromatic nitrogens is 1. The van der Waals surface area contributed by atoms with Crippen molar-refractivity contribution in [3.63, 3.8) is 0 Å². The Morgan fingerprint density at radius 1 is 1.27 bits per heavy atom. The number of amides is 1. The maximum Gasteiger partial charge on any atom is 0.416 e. The number of halogens is 3. The Morgan fingerprint density at radius 3 is 2.50 bits per heavy atom. The van der Waals surface area contributed by atoms with Gasteiger partial charge in [-0.2, -0.15) is 17.5 Å². The summed E-state index contributed by atoms with van der Waals surface area (Å²) in [5.74, 6) is -0.696. The van der Waals surface area contributed by atoms with E-state index < -0.39 is 27.7 Å². The van der Waals surface area contributed by atoms with E-state index in [2.05, 4.69) is 10.5 Å². The molecule has 0 spiro atoms. The van der Waals surface area contributed by atoms with E-state index in [0.29, 0.717) is 18.4 Å². The van der Waals surface area contributed by atoms with Gasteiger partial charge < -0.3 is 9.84 Å². The van der Waals surface area contributed by atoms with Crippen LogP contribution in [0.15, 0.2) is 33.7 Å². The maximum atomic E-state index is 13.0. The standard InChI is InChI=1S/C19H22F3N3O4S/c1-12-17(13(2)29-24-12)30(27,28)25-9-3-4-15(11-25)18(26)23-10-14-5-7-16(8-6-14)19(20,21)22/h5-8,15H,3-4,9-11H2,1-2H3,(H,23,26). The van der Waals surface area contributed by atoms with Crippen molar-refractivity contribution in [2.45, 2.75) is 44.3 Å². The molecule has 164 valence electrons. The molecule has 3 rings (SSSR count). The van der Waals surface area contributed by atoms with E-state index in [9.17, 15) is 26.4 Å². The first kappa shape index (κ1) is 22.3. The molecule has 2 aromatic rings. The van der Waals surface area contributed by atoms with Gasteiger partial charge in [-0.25, -0.2) is 8.42 Å². The van der Waals surface area contributed by atoms with Gasteiger partial charge in [-0.3, -0.25) is 4.79 Å². The van der Waals surface area contributed by atoms with Gasteiger partial charge in [0, 0.05) is 19.6 Å². The predicted octanol–water partition coefficient (Wildman–Crippen LogP) is 3.03. The molecule has 11 heteroatoms. The molecular weight excluding hydrogens is 423 g/mol. The number of sulfonamides is 1. The molecule has 0 bridgehead atoms. The number of alkyl halides is 3. The molecule has 1 N–H and O–H groups in total. The number of aryl methyl sites for hydroxylation is 2. The molecule has 2 heterocycles. The molecule has 1 fully saturated rings. The number of carbonyl (C=O) groups excluding carboxylic acids is 1. The Labute approximate surface area is 172 Å². The van der Waals surface area contributed by atoms with Gasteiger partial charge in [-0.15, -0.1) is 0 Å². The van der Waals surface area contributed by atoms with E-state index in [1.54, 1.807) is 6.92 Å². The quantitative estimate of drug-likeness (QED) is 0.764. The molecular formula is C19H22F3N3O4S. The highest BCUT2D eigenvalue weighted by Crippen LogP contribution is 2.29. The van der Waals surface area contributed by atoms with Crippen LogP contribution in [0.3, 0.4) is 0 Å². The van der Waals surface area contributed by atoms with Crippen LogP contribution in [0.25, 0.3) is 0 Å². The van der Waals surface area contributed by atoms with Crippen molar-refractivity contribution in [1.82, 2.24) is 14.8 Å². The van der Waals surface area contributed by atoms with Crippen LogP contribution in [0.5, 0.6) is 0 Å². The van der Waals surface area contributed by atoms with Crippen molar-refractivity contribution in [2.24, 2.45) is 5.92 Å². The van der Waals surface area contributed by atoms with Gasteiger partial charge in [0.05, 0.1) is 11.5 Å². The number of nitrogens with one attached hydrogen (secondary N) is 1.